The molecule has 1 aliphatic carbocycles. The van der Waals surface area contributed by atoms with Crippen LogP contribution in [0, 0.1) is 0 Å². The summed E-state index contributed by atoms with van der Waals surface area (Å²) in [6.45, 7) is 4.10. The van der Waals surface area contributed by atoms with Crippen LogP contribution in [0.2, 0.25) is 0 Å². The summed E-state index contributed by atoms with van der Waals surface area (Å²) in [5.41, 5.74) is 4.25. The molecule has 4 rings (SSSR count). The van der Waals surface area contributed by atoms with Crippen molar-refractivity contribution in [3.63, 3.8) is 0 Å². The number of aliphatic hydroxyl groups excluding tert-OH is 1. The number of anilines is 1. The van der Waals surface area contributed by atoms with E-state index in [-0.39, 0.29) is 24.1 Å². The van der Waals surface area contributed by atoms with Gasteiger partial charge in [0.1, 0.15) is 0 Å². The lowest BCUT2D eigenvalue weighted by Crippen LogP contribution is -2.39. The predicted octanol–water partition coefficient (Wildman–Crippen LogP) is 3.25. The van der Waals surface area contributed by atoms with Gasteiger partial charge in [-0.15, -0.1) is 0 Å². The normalized spacial score (nSPS) is 19.4. The van der Waals surface area contributed by atoms with Crippen molar-refractivity contribution in [1.29, 1.82) is 0 Å². The molecule has 3 aromatic heterocycles. The number of hydrogen-bond donors (Lipinski definition) is 3. The van der Waals surface area contributed by atoms with Gasteiger partial charge >= 0.3 is 0 Å². The summed E-state index contributed by atoms with van der Waals surface area (Å²) in [6, 6.07) is 6.20. The molecule has 0 spiro atoms. The standard InChI is InChI=1S/C22H27N5O2/c1-14(2)25-21-19(22(29)26-17-3-5-18(28)6-4-17)12-24-27-13-16(11-20(21)27)15-7-9-23-10-8-15/h7-14,17-18,25,28H,3-6H2,1-2H3,(H,26,29)/t17-,18-. The number of fused-ring (bicyclic) bond motifs is 1. The van der Waals surface area contributed by atoms with Crippen LogP contribution in [-0.4, -0.2) is 43.8 Å². The Morgan fingerprint density at radius 2 is 1.90 bits per heavy atom. The second kappa shape index (κ2) is 8.21. The van der Waals surface area contributed by atoms with E-state index in [1.807, 2.05) is 38.2 Å². The fraction of sp³-hybridized carbons (Fsp3) is 0.409. The van der Waals surface area contributed by atoms with E-state index in [0.717, 1.165) is 48.0 Å². The summed E-state index contributed by atoms with van der Waals surface area (Å²) >= 11 is 0. The molecule has 7 nitrogen and oxygen atoms in total. The highest BCUT2D eigenvalue weighted by Gasteiger charge is 2.24. The summed E-state index contributed by atoms with van der Waals surface area (Å²) in [5, 5.41) is 20.7. The number of nitrogens with one attached hydrogen (secondary N) is 2. The quantitative estimate of drug-likeness (QED) is 0.619. The lowest BCUT2D eigenvalue weighted by atomic mass is 9.93. The third-order valence-electron chi connectivity index (χ3n) is 5.36. The molecule has 3 N–H and O–H groups in total. The van der Waals surface area contributed by atoms with Crippen LogP contribution >= 0.6 is 0 Å². The molecule has 3 heterocycles. The zero-order valence-corrected chi connectivity index (χ0v) is 16.8. The predicted molar refractivity (Wildman–Crippen MR) is 113 cm³/mol. The second-order valence-corrected chi connectivity index (χ2v) is 8.01. The van der Waals surface area contributed by atoms with Crippen molar-refractivity contribution in [3.8, 4) is 11.1 Å². The molecule has 0 aromatic carbocycles. The highest BCUT2D eigenvalue weighted by molar-refractivity contribution is 6.03. The topological polar surface area (TPSA) is 91.5 Å². The molecular formula is C22H27N5O2. The monoisotopic (exact) mass is 393 g/mol. The van der Waals surface area contributed by atoms with E-state index in [4.69, 9.17) is 0 Å². The van der Waals surface area contributed by atoms with E-state index in [2.05, 4.69) is 20.7 Å². The average molecular weight is 393 g/mol. The van der Waals surface area contributed by atoms with Crippen LogP contribution in [0.15, 0.2) is 43.0 Å². The third-order valence-corrected chi connectivity index (χ3v) is 5.36. The molecule has 0 bridgehead atoms. The number of carbonyl (C=O) groups is 1. The van der Waals surface area contributed by atoms with Crippen LogP contribution in [0.25, 0.3) is 16.6 Å². The van der Waals surface area contributed by atoms with Crippen LogP contribution in [0.5, 0.6) is 0 Å². The fourth-order valence-electron chi connectivity index (χ4n) is 3.85. The summed E-state index contributed by atoms with van der Waals surface area (Å²) < 4.78 is 1.80. The first-order valence-corrected chi connectivity index (χ1v) is 10.2. The first kappa shape index (κ1) is 19.4. The second-order valence-electron chi connectivity index (χ2n) is 8.01. The molecule has 0 radical (unpaired) electrons. The lowest BCUT2D eigenvalue weighted by molar-refractivity contribution is 0.0868. The highest BCUT2D eigenvalue weighted by atomic mass is 16.3. The number of carbonyl (C=O) groups excluding carboxylic acids is 1. The van der Waals surface area contributed by atoms with Crippen molar-refractivity contribution in [1.82, 2.24) is 19.9 Å². The molecule has 0 saturated heterocycles. The number of rotatable bonds is 5. The van der Waals surface area contributed by atoms with E-state index in [9.17, 15) is 9.90 Å². The van der Waals surface area contributed by atoms with Gasteiger partial charge in [-0.2, -0.15) is 5.10 Å². The molecule has 0 aliphatic heterocycles. The summed E-state index contributed by atoms with van der Waals surface area (Å²) in [6.07, 6.45) is 9.92. The number of hydrogen-bond acceptors (Lipinski definition) is 5. The van der Waals surface area contributed by atoms with Gasteiger partial charge in [-0.3, -0.25) is 9.78 Å². The largest absolute Gasteiger partial charge is 0.393 e. The minimum atomic E-state index is -0.244. The van der Waals surface area contributed by atoms with E-state index < -0.39 is 0 Å². The minimum Gasteiger partial charge on any atom is -0.393 e. The summed E-state index contributed by atoms with van der Waals surface area (Å²) in [4.78, 5) is 17.1. The lowest BCUT2D eigenvalue weighted by Gasteiger charge is -2.26. The molecule has 1 amide bonds. The smallest absolute Gasteiger partial charge is 0.255 e. The Kier molecular flexibility index (Phi) is 5.49. The van der Waals surface area contributed by atoms with Gasteiger partial charge in [-0.05, 0) is 63.3 Å². The Labute approximate surface area is 170 Å². The number of aromatic nitrogens is 3. The van der Waals surface area contributed by atoms with Crippen molar-refractivity contribution >= 4 is 17.1 Å². The Morgan fingerprint density at radius 1 is 1.17 bits per heavy atom. The first-order chi connectivity index (χ1) is 14.0. The third kappa shape index (κ3) is 4.24. The van der Waals surface area contributed by atoms with Crippen molar-refractivity contribution in [3.05, 3.63) is 48.5 Å². The van der Waals surface area contributed by atoms with Gasteiger partial charge in [0, 0.05) is 36.2 Å². The summed E-state index contributed by atoms with van der Waals surface area (Å²) in [5.74, 6) is -0.129. The van der Waals surface area contributed by atoms with Gasteiger partial charge in [0.25, 0.3) is 5.91 Å². The molecule has 0 unspecified atom stereocenters. The molecule has 0 atom stereocenters. The Bertz CT molecular complexity index is 991. The SMILES string of the molecule is CC(C)Nc1c(C(=O)N[C@H]2CC[C@H](O)CC2)cnn2cc(-c3ccncc3)cc12. The van der Waals surface area contributed by atoms with Gasteiger partial charge in [0.05, 0.1) is 29.1 Å². The van der Waals surface area contributed by atoms with Crippen molar-refractivity contribution in [2.75, 3.05) is 5.32 Å². The Morgan fingerprint density at radius 3 is 2.59 bits per heavy atom. The van der Waals surface area contributed by atoms with Gasteiger partial charge < -0.3 is 15.7 Å². The van der Waals surface area contributed by atoms with E-state index in [1.54, 1.807) is 23.1 Å². The number of nitrogens with zero attached hydrogens (tertiary/aromatic N) is 3. The van der Waals surface area contributed by atoms with Gasteiger partial charge in [-0.25, -0.2) is 4.52 Å². The fourth-order valence-corrected chi connectivity index (χ4v) is 3.85. The average Bonchev–Trinajstić information content (AvgIpc) is 3.15. The molecule has 3 aromatic rings. The number of amides is 1. The molecule has 29 heavy (non-hydrogen) atoms. The molecule has 1 saturated carbocycles. The maximum Gasteiger partial charge on any atom is 0.255 e. The maximum absolute atomic E-state index is 13.0. The Hall–Kier alpha value is -2.93. The van der Waals surface area contributed by atoms with Crippen LogP contribution in [0.1, 0.15) is 49.9 Å². The minimum absolute atomic E-state index is 0.0909. The van der Waals surface area contributed by atoms with Crippen molar-refractivity contribution in [2.45, 2.75) is 57.7 Å². The van der Waals surface area contributed by atoms with Gasteiger partial charge in [0.2, 0.25) is 0 Å². The van der Waals surface area contributed by atoms with E-state index >= 15 is 0 Å². The van der Waals surface area contributed by atoms with Crippen LogP contribution in [0.4, 0.5) is 5.69 Å². The molecule has 7 heteroatoms. The molecule has 1 fully saturated rings. The van der Waals surface area contributed by atoms with Crippen LogP contribution < -0.4 is 10.6 Å². The molecule has 152 valence electrons. The van der Waals surface area contributed by atoms with Gasteiger partial charge in [-0.1, -0.05) is 0 Å². The van der Waals surface area contributed by atoms with Gasteiger partial charge in [0.15, 0.2) is 0 Å². The van der Waals surface area contributed by atoms with Crippen molar-refractivity contribution in [2.24, 2.45) is 0 Å². The molecule has 1 aliphatic rings. The molecular weight excluding hydrogens is 366 g/mol. The van der Waals surface area contributed by atoms with Crippen LogP contribution in [-0.2, 0) is 0 Å². The van der Waals surface area contributed by atoms with E-state index in [0.29, 0.717) is 5.56 Å². The number of pyridine rings is 1. The maximum atomic E-state index is 13.0. The summed E-state index contributed by atoms with van der Waals surface area (Å²) in [7, 11) is 0. The Balaban J connectivity index is 1.68. The zero-order chi connectivity index (χ0) is 20.4. The first-order valence-electron chi connectivity index (χ1n) is 10.2. The highest BCUT2D eigenvalue weighted by Crippen LogP contribution is 2.29. The number of aliphatic hydroxyl groups is 1. The zero-order valence-electron chi connectivity index (χ0n) is 16.8. The van der Waals surface area contributed by atoms with Crippen LogP contribution in [0.3, 0.4) is 0 Å². The van der Waals surface area contributed by atoms with Crippen molar-refractivity contribution < 1.29 is 9.90 Å². The van der Waals surface area contributed by atoms with E-state index in [1.165, 1.54) is 0 Å².